The third kappa shape index (κ3) is 3.18. The van der Waals surface area contributed by atoms with E-state index in [2.05, 4.69) is 4.98 Å². The van der Waals surface area contributed by atoms with Crippen molar-refractivity contribution in [3.63, 3.8) is 0 Å². The highest BCUT2D eigenvalue weighted by Crippen LogP contribution is 2.32. The minimum absolute atomic E-state index is 0.0130. The Kier molecular flexibility index (Phi) is 4.80. The number of morpholine rings is 1. The standard InChI is InChI=1S/C22H17F2N3O2S/c23-16-12-15-18(28)6-7-27(20(15)19(24)21(16)26-8-10-29-11-9-26)22-25-17(13-30-22)14-4-2-1-3-5-14/h1-7,12-13H,8-11H2. The lowest BCUT2D eigenvalue weighted by Gasteiger charge is -2.29. The number of benzene rings is 2. The van der Waals surface area contributed by atoms with E-state index in [1.54, 1.807) is 4.90 Å². The van der Waals surface area contributed by atoms with Crippen molar-refractivity contribution in [2.45, 2.75) is 0 Å². The van der Waals surface area contributed by atoms with Crippen LogP contribution in [-0.2, 0) is 4.74 Å². The Hall–Kier alpha value is -3.10. The van der Waals surface area contributed by atoms with Gasteiger partial charge in [-0.15, -0.1) is 11.3 Å². The Morgan fingerprint density at radius 3 is 2.60 bits per heavy atom. The van der Waals surface area contributed by atoms with Gasteiger partial charge in [0.2, 0.25) is 0 Å². The van der Waals surface area contributed by atoms with Crippen molar-refractivity contribution in [2.24, 2.45) is 0 Å². The van der Waals surface area contributed by atoms with E-state index in [0.717, 1.165) is 17.3 Å². The van der Waals surface area contributed by atoms with Crippen molar-refractivity contribution in [3.8, 4) is 16.4 Å². The summed E-state index contributed by atoms with van der Waals surface area (Å²) < 4.78 is 37.3. The number of pyridine rings is 1. The van der Waals surface area contributed by atoms with Crippen LogP contribution in [0.15, 0.2) is 58.8 Å². The van der Waals surface area contributed by atoms with Crippen LogP contribution in [0.1, 0.15) is 0 Å². The summed E-state index contributed by atoms with van der Waals surface area (Å²) in [5.74, 6) is -1.51. The number of fused-ring (bicyclic) bond motifs is 1. The number of anilines is 1. The van der Waals surface area contributed by atoms with Gasteiger partial charge in [-0.05, 0) is 6.07 Å². The number of thiazole rings is 1. The smallest absolute Gasteiger partial charge is 0.194 e. The predicted molar refractivity (Wildman–Crippen MR) is 114 cm³/mol. The Morgan fingerprint density at radius 1 is 1.07 bits per heavy atom. The van der Waals surface area contributed by atoms with Gasteiger partial charge in [0.25, 0.3) is 0 Å². The van der Waals surface area contributed by atoms with Crippen molar-refractivity contribution < 1.29 is 13.5 Å². The number of hydrogen-bond donors (Lipinski definition) is 0. The van der Waals surface area contributed by atoms with Gasteiger partial charge in [0.15, 0.2) is 16.4 Å². The van der Waals surface area contributed by atoms with Crippen LogP contribution in [0.4, 0.5) is 14.5 Å². The highest BCUT2D eigenvalue weighted by atomic mass is 32.1. The maximum absolute atomic E-state index is 15.7. The third-order valence-corrected chi connectivity index (χ3v) is 5.98. The molecule has 0 spiro atoms. The lowest BCUT2D eigenvalue weighted by atomic mass is 10.1. The SMILES string of the molecule is O=c1ccn(-c2nc(-c3ccccc3)cs2)c2c(F)c(N3CCOCC3)c(F)cc12. The molecule has 4 aromatic rings. The molecule has 1 aliphatic rings. The number of aromatic nitrogens is 2. The van der Waals surface area contributed by atoms with E-state index < -0.39 is 17.1 Å². The molecule has 152 valence electrons. The average Bonchev–Trinajstić information content (AvgIpc) is 3.26. The number of nitrogens with zero attached hydrogens (tertiary/aromatic N) is 3. The molecule has 30 heavy (non-hydrogen) atoms. The number of ether oxygens (including phenoxy) is 1. The Morgan fingerprint density at radius 2 is 1.83 bits per heavy atom. The molecule has 1 saturated heterocycles. The molecule has 3 heterocycles. The van der Waals surface area contributed by atoms with Crippen LogP contribution < -0.4 is 10.3 Å². The molecule has 0 atom stereocenters. The molecule has 1 aliphatic heterocycles. The summed E-state index contributed by atoms with van der Waals surface area (Å²) in [7, 11) is 0. The molecule has 0 saturated carbocycles. The molecule has 5 nitrogen and oxygen atoms in total. The summed E-state index contributed by atoms with van der Waals surface area (Å²) in [4.78, 5) is 18.6. The van der Waals surface area contributed by atoms with Crippen LogP contribution in [0.25, 0.3) is 27.3 Å². The fourth-order valence-corrected chi connectivity index (χ4v) is 4.50. The summed E-state index contributed by atoms with van der Waals surface area (Å²) in [6.45, 7) is 1.55. The van der Waals surface area contributed by atoms with Crippen LogP contribution >= 0.6 is 11.3 Å². The van der Waals surface area contributed by atoms with E-state index in [1.807, 2.05) is 35.7 Å². The van der Waals surface area contributed by atoms with Crippen molar-refractivity contribution in [3.05, 3.63) is 75.9 Å². The van der Waals surface area contributed by atoms with Crippen LogP contribution in [0.2, 0.25) is 0 Å². The maximum atomic E-state index is 15.7. The monoisotopic (exact) mass is 425 g/mol. The van der Waals surface area contributed by atoms with E-state index in [4.69, 9.17) is 4.74 Å². The van der Waals surface area contributed by atoms with E-state index in [1.165, 1.54) is 28.2 Å². The lowest BCUT2D eigenvalue weighted by molar-refractivity contribution is 0.122. The highest BCUT2D eigenvalue weighted by molar-refractivity contribution is 7.12. The molecule has 0 radical (unpaired) electrons. The minimum Gasteiger partial charge on any atom is -0.378 e. The number of hydrogen-bond acceptors (Lipinski definition) is 5. The molecule has 0 aliphatic carbocycles. The fourth-order valence-electron chi connectivity index (χ4n) is 3.68. The molecule has 1 fully saturated rings. The summed E-state index contributed by atoms with van der Waals surface area (Å²) >= 11 is 1.33. The van der Waals surface area contributed by atoms with Crippen molar-refractivity contribution in [1.82, 2.24) is 9.55 Å². The first-order valence-electron chi connectivity index (χ1n) is 9.51. The molecule has 8 heteroatoms. The van der Waals surface area contributed by atoms with Gasteiger partial charge in [-0.2, -0.15) is 0 Å². The largest absolute Gasteiger partial charge is 0.378 e. The zero-order valence-electron chi connectivity index (χ0n) is 15.8. The normalized spacial score (nSPS) is 14.4. The van der Waals surface area contributed by atoms with E-state index in [0.29, 0.717) is 31.4 Å². The van der Waals surface area contributed by atoms with Crippen LogP contribution in [0.5, 0.6) is 0 Å². The van der Waals surface area contributed by atoms with Gasteiger partial charge >= 0.3 is 0 Å². The van der Waals surface area contributed by atoms with Gasteiger partial charge in [0.1, 0.15) is 11.5 Å². The molecular weight excluding hydrogens is 408 g/mol. The predicted octanol–water partition coefficient (Wildman–Crippen LogP) is 4.23. The summed E-state index contributed by atoms with van der Waals surface area (Å²) in [5.41, 5.74) is 1.14. The van der Waals surface area contributed by atoms with E-state index >= 15 is 4.39 Å². The molecule has 2 aromatic heterocycles. The highest BCUT2D eigenvalue weighted by Gasteiger charge is 2.24. The Bertz CT molecular complexity index is 1280. The van der Waals surface area contributed by atoms with Gasteiger partial charge in [-0.1, -0.05) is 30.3 Å². The maximum Gasteiger partial charge on any atom is 0.194 e. The second kappa shape index (κ2) is 7.62. The van der Waals surface area contributed by atoms with Gasteiger partial charge in [-0.3, -0.25) is 9.36 Å². The van der Waals surface area contributed by atoms with E-state index in [9.17, 15) is 9.18 Å². The first kappa shape index (κ1) is 18.9. The van der Waals surface area contributed by atoms with Gasteiger partial charge in [-0.25, -0.2) is 13.8 Å². The van der Waals surface area contributed by atoms with Crippen LogP contribution in [0, 0.1) is 11.6 Å². The minimum atomic E-state index is -0.763. The van der Waals surface area contributed by atoms with Crippen molar-refractivity contribution in [2.75, 3.05) is 31.2 Å². The number of halogens is 2. The molecule has 2 aromatic carbocycles. The van der Waals surface area contributed by atoms with E-state index in [-0.39, 0.29) is 16.6 Å². The molecule has 5 rings (SSSR count). The Labute approximate surface area is 174 Å². The lowest BCUT2D eigenvalue weighted by Crippen LogP contribution is -2.37. The van der Waals surface area contributed by atoms with Gasteiger partial charge in [0.05, 0.1) is 29.8 Å². The molecule has 0 N–H and O–H groups in total. The first-order valence-corrected chi connectivity index (χ1v) is 10.4. The summed E-state index contributed by atoms with van der Waals surface area (Å²) in [6.07, 6.45) is 1.49. The second-order valence-corrected chi connectivity index (χ2v) is 7.78. The van der Waals surface area contributed by atoms with Crippen LogP contribution in [0.3, 0.4) is 0 Å². The van der Waals surface area contributed by atoms with Crippen molar-refractivity contribution >= 4 is 27.9 Å². The fraction of sp³-hybridized carbons (Fsp3) is 0.182. The summed E-state index contributed by atoms with van der Waals surface area (Å²) in [6, 6.07) is 12.1. The van der Waals surface area contributed by atoms with Crippen LogP contribution in [-0.4, -0.2) is 35.9 Å². The zero-order chi connectivity index (χ0) is 20.7. The number of rotatable bonds is 3. The summed E-state index contributed by atoms with van der Waals surface area (Å²) in [5, 5.41) is 2.36. The van der Waals surface area contributed by atoms with Crippen molar-refractivity contribution in [1.29, 1.82) is 0 Å². The molecule has 0 unspecified atom stereocenters. The first-order chi connectivity index (χ1) is 14.6. The zero-order valence-corrected chi connectivity index (χ0v) is 16.7. The molecular formula is C22H17F2N3O2S. The average molecular weight is 425 g/mol. The quantitative estimate of drug-likeness (QED) is 0.493. The molecule has 0 amide bonds. The second-order valence-electron chi connectivity index (χ2n) is 6.95. The van der Waals surface area contributed by atoms with Gasteiger partial charge < -0.3 is 9.64 Å². The van der Waals surface area contributed by atoms with Gasteiger partial charge in [0, 0.05) is 36.3 Å². The Balaban J connectivity index is 1.70. The topological polar surface area (TPSA) is 47.4 Å². The third-order valence-electron chi connectivity index (χ3n) is 5.14. The molecule has 0 bridgehead atoms.